The summed E-state index contributed by atoms with van der Waals surface area (Å²) in [7, 11) is 0. The van der Waals surface area contributed by atoms with E-state index in [1.54, 1.807) is 6.33 Å². The van der Waals surface area contributed by atoms with Crippen LogP contribution in [-0.2, 0) is 19.6 Å². The topological polar surface area (TPSA) is 61.0 Å². The summed E-state index contributed by atoms with van der Waals surface area (Å²) in [5.74, 6) is 0. The van der Waals surface area contributed by atoms with E-state index in [4.69, 9.17) is 0 Å². The molecule has 0 aliphatic carbocycles. The number of aromatic amines is 1. The van der Waals surface area contributed by atoms with E-state index < -0.39 is 0 Å². The Labute approximate surface area is 128 Å². The highest BCUT2D eigenvalue weighted by atomic mass is 16.2. The van der Waals surface area contributed by atoms with Crippen molar-refractivity contribution < 1.29 is 4.79 Å². The molecule has 2 heterocycles. The molecule has 2 N–H and O–H groups in total. The van der Waals surface area contributed by atoms with Crippen LogP contribution in [0.25, 0.3) is 11.0 Å². The molecule has 1 aliphatic rings. The fraction of sp³-hybridized carbons (Fsp3) is 0.176. The summed E-state index contributed by atoms with van der Waals surface area (Å²) in [5, 5.41) is 2.99. The molecule has 3 aromatic rings. The van der Waals surface area contributed by atoms with Crippen molar-refractivity contribution in [3.63, 3.8) is 0 Å². The number of fused-ring (bicyclic) bond motifs is 2. The van der Waals surface area contributed by atoms with Gasteiger partial charge in [0.25, 0.3) is 0 Å². The summed E-state index contributed by atoms with van der Waals surface area (Å²) in [6.45, 7) is 1.88. The minimum atomic E-state index is -0.0269. The molecule has 0 saturated heterocycles. The van der Waals surface area contributed by atoms with Crippen molar-refractivity contribution in [3.8, 4) is 0 Å². The number of carbonyl (C=O) groups excluding carboxylic acids is 1. The number of amides is 2. The Balaban J connectivity index is 1.41. The maximum Gasteiger partial charge on any atom is 0.318 e. The maximum absolute atomic E-state index is 12.3. The van der Waals surface area contributed by atoms with E-state index in [2.05, 4.69) is 27.4 Å². The van der Waals surface area contributed by atoms with E-state index >= 15 is 0 Å². The Morgan fingerprint density at radius 1 is 1.18 bits per heavy atom. The highest BCUT2D eigenvalue weighted by molar-refractivity contribution is 5.77. The van der Waals surface area contributed by atoms with Gasteiger partial charge in [-0.05, 0) is 28.8 Å². The Morgan fingerprint density at radius 2 is 1.95 bits per heavy atom. The van der Waals surface area contributed by atoms with E-state index in [0.29, 0.717) is 19.6 Å². The second kappa shape index (κ2) is 5.18. The Bertz CT molecular complexity index is 814. The number of hydrogen-bond acceptors (Lipinski definition) is 2. The van der Waals surface area contributed by atoms with Crippen LogP contribution in [0.1, 0.15) is 16.7 Å². The van der Waals surface area contributed by atoms with Crippen LogP contribution < -0.4 is 5.32 Å². The largest absolute Gasteiger partial charge is 0.345 e. The molecule has 0 radical (unpaired) electrons. The molecule has 0 saturated carbocycles. The lowest BCUT2D eigenvalue weighted by molar-refractivity contribution is 0.198. The lowest BCUT2D eigenvalue weighted by Crippen LogP contribution is -2.35. The van der Waals surface area contributed by atoms with Crippen molar-refractivity contribution in [2.24, 2.45) is 0 Å². The summed E-state index contributed by atoms with van der Waals surface area (Å²) < 4.78 is 0. The standard InChI is InChI=1S/C17H16N4O/c22-17(21-9-13-3-1-2-4-14(13)10-21)18-8-12-5-6-15-16(7-12)20-11-19-15/h1-7,11H,8-10H2,(H,18,22)(H,19,20). The quantitative estimate of drug-likeness (QED) is 0.763. The summed E-state index contributed by atoms with van der Waals surface area (Å²) >= 11 is 0. The Hall–Kier alpha value is -2.82. The average Bonchev–Trinajstić information content (AvgIpc) is 3.18. The van der Waals surface area contributed by atoms with Crippen LogP contribution in [0.15, 0.2) is 48.8 Å². The van der Waals surface area contributed by atoms with E-state index in [1.165, 1.54) is 11.1 Å². The minimum absolute atomic E-state index is 0.0269. The number of carbonyl (C=O) groups is 1. The third-order valence-electron chi connectivity index (χ3n) is 4.06. The first kappa shape index (κ1) is 12.9. The molecular weight excluding hydrogens is 276 g/mol. The second-order valence-corrected chi connectivity index (χ2v) is 5.54. The Kier molecular flexibility index (Phi) is 3.04. The van der Waals surface area contributed by atoms with Crippen molar-refractivity contribution in [1.82, 2.24) is 20.2 Å². The number of hydrogen-bond donors (Lipinski definition) is 2. The number of H-pyrrole nitrogens is 1. The highest BCUT2D eigenvalue weighted by Gasteiger charge is 2.22. The number of nitrogens with zero attached hydrogens (tertiary/aromatic N) is 2. The zero-order valence-electron chi connectivity index (χ0n) is 12.0. The van der Waals surface area contributed by atoms with Crippen LogP contribution in [0.2, 0.25) is 0 Å². The summed E-state index contributed by atoms with van der Waals surface area (Å²) in [6.07, 6.45) is 1.68. The fourth-order valence-electron chi connectivity index (χ4n) is 2.86. The van der Waals surface area contributed by atoms with Crippen molar-refractivity contribution >= 4 is 17.1 Å². The molecule has 1 aliphatic heterocycles. The summed E-state index contributed by atoms with van der Waals surface area (Å²) in [5.41, 5.74) is 5.44. The monoisotopic (exact) mass is 292 g/mol. The van der Waals surface area contributed by atoms with Crippen LogP contribution >= 0.6 is 0 Å². The molecular formula is C17H16N4O. The SMILES string of the molecule is O=C(NCc1ccc2nc[nH]c2c1)N1Cc2ccccc2C1. The summed E-state index contributed by atoms with van der Waals surface area (Å²) in [6, 6.07) is 14.1. The van der Waals surface area contributed by atoms with Gasteiger partial charge in [0.2, 0.25) is 0 Å². The van der Waals surface area contributed by atoms with Crippen molar-refractivity contribution in [1.29, 1.82) is 0 Å². The van der Waals surface area contributed by atoms with E-state index in [-0.39, 0.29) is 6.03 Å². The molecule has 0 atom stereocenters. The lowest BCUT2D eigenvalue weighted by Gasteiger charge is -2.16. The first-order valence-corrected chi connectivity index (χ1v) is 7.31. The number of benzene rings is 2. The zero-order valence-corrected chi connectivity index (χ0v) is 12.0. The fourth-order valence-corrected chi connectivity index (χ4v) is 2.86. The Morgan fingerprint density at radius 3 is 2.73 bits per heavy atom. The minimum Gasteiger partial charge on any atom is -0.345 e. The molecule has 2 aromatic carbocycles. The van der Waals surface area contributed by atoms with Gasteiger partial charge in [-0.25, -0.2) is 9.78 Å². The number of rotatable bonds is 2. The molecule has 0 bridgehead atoms. The first-order chi connectivity index (χ1) is 10.8. The molecule has 0 unspecified atom stereocenters. The summed E-state index contributed by atoms with van der Waals surface area (Å²) in [4.78, 5) is 21.4. The van der Waals surface area contributed by atoms with E-state index in [0.717, 1.165) is 16.6 Å². The van der Waals surface area contributed by atoms with Gasteiger partial charge in [-0.2, -0.15) is 0 Å². The third kappa shape index (κ3) is 2.30. The maximum atomic E-state index is 12.3. The number of aromatic nitrogens is 2. The second-order valence-electron chi connectivity index (χ2n) is 5.54. The molecule has 5 heteroatoms. The van der Waals surface area contributed by atoms with Gasteiger partial charge < -0.3 is 15.2 Å². The number of urea groups is 1. The van der Waals surface area contributed by atoms with E-state index in [1.807, 2.05) is 35.2 Å². The molecule has 22 heavy (non-hydrogen) atoms. The predicted molar refractivity (Wildman–Crippen MR) is 84.0 cm³/mol. The molecule has 110 valence electrons. The number of imidazole rings is 1. The van der Waals surface area contributed by atoms with Crippen LogP contribution in [0.5, 0.6) is 0 Å². The van der Waals surface area contributed by atoms with Crippen molar-refractivity contribution in [2.45, 2.75) is 19.6 Å². The smallest absolute Gasteiger partial charge is 0.318 e. The van der Waals surface area contributed by atoms with Crippen molar-refractivity contribution in [2.75, 3.05) is 0 Å². The van der Waals surface area contributed by atoms with E-state index in [9.17, 15) is 4.79 Å². The van der Waals surface area contributed by atoms with Gasteiger partial charge in [0.05, 0.1) is 17.4 Å². The van der Waals surface area contributed by atoms with Gasteiger partial charge >= 0.3 is 6.03 Å². The number of nitrogens with one attached hydrogen (secondary N) is 2. The predicted octanol–water partition coefficient (Wildman–Crippen LogP) is 2.79. The zero-order chi connectivity index (χ0) is 14.9. The molecule has 2 amide bonds. The van der Waals surface area contributed by atoms with Crippen molar-refractivity contribution in [3.05, 3.63) is 65.5 Å². The van der Waals surface area contributed by atoms with Gasteiger partial charge in [0.15, 0.2) is 0 Å². The normalized spacial score (nSPS) is 13.4. The van der Waals surface area contributed by atoms with Crippen LogP contribution in [-0.4, -0.2) is 20.9 Å². The molecule has 1 aromatic heterocycles. The van der Waals surface area contributed by atoms with Gasteiger partial charge in [-0.3, -0.25) is 0 Å². The highest BCUT2D eigenvalue weighted by Crippen LogP contribution is 2.22. The van der Waals surface area contributed by atoms with Crippen LogP contribution in [0, 0.1) is 0 Å². The first-order valence-electron chi connectivity index (χ1n) is 7.31. The van der Waals surface area contributed by atoms with Gasteiger partial charge in [-0.1, -0.05) is 30.3 Å². The molecule has 0 fully saturated rings. The molecule has 0 spiro atoms. The van der Waals surface area contributed by atoms with Crippen LogP contribution in [0.4, 0.5) is 4.79 Å². The van der Waals surface area contributed by atoms with Crippen LogP contribution in [0.3, 0.4) is 0 Å². The van der Waals surface area contributed by atoms with Gasteiger partial charge in [0, 0.05) is 19.6 Å². The van der Waals surface area contributed by atoms with Gasteiger partial charge in [-0.15, -0.1) is 0 Å². The average molecular weight is 292 g/mol. The molecule has 5 nitrogen and oxygen atoms in total. The molecule has 4 rings (SSSR count). The lowest BCUT2D eigenvalue weighted by atomic mass is 10.1. The van der Waals surface area contributed by atoms with Gasteiger partial charge in [0.1, 0.15) is 0 Å². The third-order valence-corrected chi connectivity index (χ3v) is 4.06.